The number of anilines is 1. The monoisotopic (exact) mass is 258 g/mol. The van der Waals surface area contributed by atoms with Crippen molar-refractivity contribution in [1.29, 1.82) is 0 Å². The molecule has 1 aromatic heterocycles. The first-order valence-electron chi connectivity index (χ1n) is 5.33. The Labute approximate surface area is 102 Å². The number of hydrogen-bond acceptors (Lipinski definition) is 5. The highest BCUT2D eigenvalue weighted by atomic mass is 32.2. The lowest BCUT2D eigenvalue weighted by atomic mass is 10.3. The normalized spacial score (nSPS) is 13.7. The van der Waals surface area contributed by atoms with Gasteiger partial charge in [-0.15, -0.1) is 0 Å². The Morgan fingerprint density at radius 3 is 2.76 bits per heavy atom. The second-order valence-corrected chi connectivity index (χ2v) is 5.76. The van der Waals surface area contributed by atoms with E-state index in [4.69, 9.17) is 5.84 Å². The second kappa shape index (κ2) is 5.44. The third kappa shape index (κ3) is 2.74. The van der Waals surface area contributed by atoms with Gasteiger partial charge in [-0.25, -0.2) is 8.42 Å². The van der Waals surface area contributed by atoms with Crippen LogP contribution in [0, 0.1) is 0 Å². The molecule has 0 bridgehead atoms. The number of rotatable bonds is 5. The van der Waals surface area contributed by atoms with Gasteiger partial charge in [-0.3, -0.25) is 10.8 Å². The van der Waals surface area contributed by atoms with Crippen molar-refractivity contribution in [2.75, 3.05) is 12.5 Å². The summed E-state index contributed by atoms with van der Waals surface area (Å²) in [5, 5.41) is 0. The summed E-state index contributed by atoms with van der Waals surface area (Å²) in [6, 6.07) is 1.45. The number of pyridine rings is 1. The summed E-state index contributed by atoms with van der Waals surface area (Å²) in [5.74, 6) is 5.30. The van der Waals surface area contributed by atoms with E-state index in [1.54, 1.807) is 7.05 Å². The van der Waals surface area contributed by atoms with Gasteiger partial charge in [0, 0.05) is 25.5 Å². The summed E-state index contributed by atoms with van der Waals surface area (Å²) in [7, 11) is -2.01. The van der Waals surface area contributed by atoms with Crippen molar-refractivity contribution < 1.29 is 8.42 Å². The molecule has 6 nitrogen and oxygen atoms in total. The summed E-state index contributed by atoms with van der Waals surface area (Å²) in [6.07, 6.45) is 3.52. The first-order valence-corrected chi connectivity index (χ1v) is 6.77. The fourth-order valence-corrected chi connectivity index (χ4v) is 2.89. The highest BCUT2D eigenvalue weighted by molar-refractivity contribution is 7.89. The molecule has 1 aromatic rings. The van der Waals surface area contributed by atoms with Gasteiger partial charge in [0.2, 0.25) is 10.0 Å². The van der Waals surface area contributed by atoms with Gasteiger partial charge in [0.1, 0.15) is 4.90 Å². The second-order valence-electron chi connectivity index (χ2n) is 3.79. The Hall–Kier alpha value is -1.18. The smallest absolute Gasteiger partial charge is 0.246 e. The van der Waals surface area contributed by atoms with Crippen LogP contribution in [-0.2, 0) is 10.0 Å². The molecular formula is C10H18N4O2S. The average Bonchev–Trinajstić information content (AvgIpc) is 2.36. The zero-order valence-electron chi connectivity index (χ0n) is 10.2. The van der Waals surface area contributed by atoms with Gasteiger partial charge in [-0.1, -0.05) is 6.92 Å². The van der Waals surface area contributed by atoms with Crippen LogP contribution >= 0.6 is 0 Å². The lowest BCUT2D eigenvalue weighted by Gasteiger charge is -2.23. The van der Waals surface area contributed by atoms with Gasteiger partial charge >= 0.3 is 0 Å². The molecule has 0 saturated heterocycles. The predicted molar refractivity (Wildman–Crippen MR) is 66.7 cm³/mol. The topological polar surface area (TPSA) is 88.3 Å². The van der Waals surface area contributed by atoms with Crippen LogP contribution in [0.25, 0.3) is 0 Å². The molecule has 1 heterocycles. The zero-order valence-corrected chi connectivity index (χ0v) is 11.0. The van der Waals surface area contributed by atoms with Crippen LogP contribution in [-0.4, -0.2) is 30.8 Å². The van der Waals surface area contributed by atoms with Crippen LogP contribution in [0.2, 0.25) is 0 Å². The van der Waals surface area contributed by atoms with Crippen LogP contribution in [0.15, 0.2) is 23.4 Å². The number of aromatic nitrogens is 1. The molecule has 0 spiro atoms. The van der Waals surface area contributed by atoms with Crippen molar-refractivity contribution in [1.82, 2.24) is 9.29 Å². The number of hydrazine groups is 1. The maximum Gasteiger partial charge on any atom is 0.246 e. The fraction of sp³-hybridized carbons (Fsp3) is 0.500. The largest absolute Gasteiger partial charge is 0.323 e. The Morgan fingerprint density at radius 1 is 1.59 bits per heavy atom. The highest BCUT2D eigenvalue weighted by Gasteiger charge is 2.26. The Bertz CT molecular complexity index is 475. The van der Waals surface area contributed by atoms with Crippen molar-refractivity contribution in [2.24, 2.45) is 5.84 Å². The number of sulfonamides is 1. The molecular weight excluding hydrogens is 240 g/mol. The van der Waals surface area contributed by atoms with E-state index in [2.05, 4.69) is 10.4 Å². The Kier molecular flexibility index (Phi) is 4.44. The molecule has 0 saturated carbocycles. The minimum absolute atomic E-state index is 0.0779. The minimum atomic E-state index is -3.56. The van der Waals surface area contributed by atoms with Crippen LogP contribution in [0.5, 0.6) is 0 Å². The molecule has 3 N–H and O–H groups in total. The fourth-order valence-electron chi connectivity index (χ4n) is 1.35. The molecule has 96 valence electrons. The van der Waals surface area contributed by atoms with Gasteiger partial charge < -0.3 is 5.43 Å². The molecule has 0 fully saturated rings. The van der Waals surface area contributed by atoms with E-state index in [1.807, 2.05) is 13.8 Å². The predicted octanol–water partition coefficient (Wildman–Crippen LogP) is 0.786. The molecule has 17 heavy (non-hydrogen) atoms. The molecule has 1 rings (SSSR count). The highest BCUT2D eigenvalue weighted by Crippen LogP contribution is 2.23. The van der Waals surface area contributed by atoms with Crippen LogP contribution in [0.3, 0.4) is 0 Å². The van der Waals surface area contributed by atoms with Gasteiger partial charge in [0.05, 0.1) is 5.69 Å². The van der Waals surface area contributed by atoms with Crippen molar-refractivity contribution in [2.45, 2.75) is 31.2 Å². The molecule has 0 aromatic carbocycles. The first kappa shape index (κ1) is 13.9. The Balaban J connectivity index is 3.22. The van der Waals surface area contributed by atoms with E-state index in [0.29, 0.717) is 5.69 Å². The molecule has 0 aliphatic rings. The van der Waals surface area contributed by atoms with Crippen molar-refractivity contribution in [3.63, 3.8) is 0 Å². The van der Waals surface area contributed by atoms with E-state index < -0.39 is 10.0 Å². The van der Waals surface area contributed by atoms with Crippen molar-refractivity contribution >= 4 is 15.7 Å². The minimum Gasteiger partial charge on any atom is -0.323 e. The number of hydrogen-bond donors (Lipinski definition) is 2. The third-order valence-corrected chi connectivity index (χ3v) is 4.81. The number of nitrogens with zero attached hydrogens (tertiary/aromatic N) is 2. The van der Waals surface area contributed by atoms with E-state index in [9.17, 15) is 8.42 Å². The molecule has 0 amide bonds. The quantitative estimate of drug-likeness (QED) is 0.602. The van der Waals surface area contributed by atoms with Gasteiger partial charge in [-0.05, 0) is 19.4 Å². The third-order valence-electron chi connectivity index (χ3n) is 2.81. The van der Waals surface area contributed by atoms with Gasteiger partial charge in [-0.2, -0.15) is 4.31 Å². The lowest BCUT2D eigenvalue weighted by Crippen LogP contribution is -2.35. The number of nitrogens with one attached hydrogen (secondary N) is 1. The SMILES string of the molecule is CCC(C)N(C)S(=O)(=O)c1cnccc1NN. The van der Waals surface area contributed by atoms with E-state index in [1.165, 1.54) is 22.8 Å². The standard InChI is InChI=1S/C10H18N4O2S/c1-4-8(2)14(3)17(15,16)10-7-12-6-5-9(10)13-11/h5-8H,4,11H2,1-3H3,(H,12,13). The molecule has 0 aliphatic heterocycles. The van der Waals surface area contributed by atoms with Crippen LogP contribution in [0.1, 0.15) is 20.3 Å². The van der Waals surface area contributed by atoms with Crippen molar-refractivity contribution in [3.05, 3.63) is 18.5 Å². The maximum atomic E-state index is 12.3. The Morgan fingerprint density at radius 2 is 2.24 bits per heavy atom. The first-order chi connectivity index (χ1) is 7.95. The van der Waals surface area contributed by atoms with Crippen LogP contribution in [0.4, 0.5) is 5.69 Å². The molecule has 0 aliphatic carbocycles. The zero-order chi connectivity index (χ0) is 13.1. The molecule has 7 heteroatoms. The number of nitrogens with two attached hydrogens (primary N) is 1. The molecule has 1 atom stereocenters. The van der Waals surface area contributed by atoms with E-state index >= 15 is 0 Å². The summed E-state index contributed by atoms with van der Waals surface area (Å²) < 4.78 is 25.9. The average molecular weight is 258 g/mol. The van der Waals surface area contributed by atoms with E-state index in [-0.39, 0.29) is 10.9 Å². The van der Waals surface area contributed by atoms with E-state index in [0.717, 1.165) is 6.42 Å². The van der Waals surface area contributed by atoms with Gasteiger partial charge in [0.15, 0.2) is 0 Å². The number of nitrogen functional groups attached to an aromatic ring is 1. The molecule has 1 unspecified atom stereocenters. The maximum absolute atomic E-state index is 12.3. The lowest BCUT2D eigenvalue weighted by molar-refractivity contribution is 0.380. The van der Waals surface area contributed by atoms with Crippen molar-refractivity contribution in [3.8, 4) is 0 Å². The summed E-state index contributed by atoms with van der Waals surface area (Å²) in [5.41, 5.74) is 2.71. The van der Waals surface area contributed by atoms with Crippen LogP contribution < -0.4 is 11.3 Å². The van der Waals surface area contributed by atoms with Gasteiger partial charge in [0.25, 0.3) is 0 Å². The summed E-state index contributed by atoms with van der Waals surface area (Å²) >= 11 is 0. The summed E-state index contributed by atoms with van der Waals surface area (Å²) in [4.78, 5) is 3.91. The molecule has 0 radical (unpaired) electrons. The summed E-state index contributed by atoms with van der Waals surface area (Å²) in [6.45, 7) is 3.78.